The highest BCUT2D eigenvalue weighted by Crippen LogP contribution is 2.32. The number of rotatable bonds is 5. The summed E-state index contributed by atoms with van der Waals surface area (Å²) in [7, 11) is 0. The summed E-state index contributed by atoms with van der Waals surface area (Å²) in [5.41, 5.74) is -1.84. The van der Waals surface area contributed by atoms with Gasteiger partial charge in [-0.2, -0.15) is 8.78 Å². The smallest absolute Gasteiger partial charge is 0.352 e. The van der Waals surface area contributed by atoms with Gasteiger partial charge in [0, 0.05) is 23.4 Å². The van der Waals surface area contributed by atoms with E-state index in [1.807, 2.05) is 0 Å². The Balaban J connectivity index is 1.77. The average molecular weight is 442 g/mol. The van der Waals surface area contributed by atoms with Crippen LogP contribution in [0.2, 0.25) is 0 Å². The van der Waals surface area contributed by atoms with Crippen LogP contribution in [0.3, 0.4) is 0 Å². The molecule has 2 aromatic carbocycles. The summed E-state index contributed by atoms with van der Waals surface area (Å²) in [6, 6.07) is 4.02. The molecule has 0 radical (unpaired) electrons. The second kappa shape index (κ2) is 9.01. The van der Waals surface area contributed by atoms with Crippen molar-refractivity contribution >= 4 is 17.5 Å². The quantitative estimate of drug-likeness (QED) is 0.616. The van der Waals surface area contributed by atoms with Crippen LogP contribution >= 0.6 is 0 Å². The molecular formula is C21H19F5N2O3. The largest absolute Gasteiger partial charge is 0.393 e. The number of hydrogen-bond acceptors (Lipinski definition) is 3. The van der Waals surface area contributed by atoms with Crippen molar-refractivity contribution < 1.29 is 36.6 Å². The molecular weight excluding hydrogens is 423 g/mol. The number of alkyl halides is 2. The van der Waals surface area contributed by atoms with Gasteiger partial charge < -0.3 is 15.7 Å². The summed E-state index contributed by atoms with van der Waals surface area (Å²) < 4.78 is 69.8. The van der Waals surface area contributed by atoms with Gasteiger partial charge in [-0.3, -0.25) is 9.59 Å². The number of hydrogen-bond donors (Lipinski definition) is 3. The molecule has 2 aromatic rings. The first-order valence-electron chi connectivity index (χ1n) is 9.51. The van der Waals surface area contributed by atoms with Crippen LogP contribution in [0.4, 0.5) is 27.6 Å². The van der Waals surface area contributed by atoms with Crippen molar-refractivity contribution in [2.75, 3.05) is 5.32 Å². The Kier molecular flexibility index (Phi) is 6.59. The van der Waals surface area contributed by atoms with E-state index in [2.05, 4.69) is 10.6 Å². The fraction of sp³-hybridized carbons (Fsp3) is 0.333. The summed E-state index contributed by atoms with van der Waals surface area (Å²) in [6.07, 6.45) is 0.773. The maximum atomic E-state index is 14.7. The molecule has 0 atom stereocenters. The Morgan fingerprint density at radius 1 is 0.903 bits per heavy atom. The first-order valence-corrected chi connectivity index (χ1v) is 9.51. The van der Waals surface area contributed by atoms with E-state index in [9.17, 15) is 36.6 Å². The second-order valence-corrected chi connectivity index (χ2v) is 7.33. The van der Waals surface area contributed by atoms with Crippen LogP contribution in [0.5, 0.6) is 0 Å². The number of amides is 2. The Morgan fingerprint density at radius 3 is 2.19 bits per heavy atom. The van der Waals surface area contributed by atoms with Crippen LogP contribution in [0.25, 0.3) is 0 Å². The number of carbonyl (C=O) groups excluding carboxylic acids is 2. The maximum absolute atomic E-state index is 14.7. The van der Waals surface area contributed by atoms with Gasteiger partial charge in [-0.1, -0.05) is 0 Å². The molecule has 31 heavy (non-hydrogen) atoms. The molecule has 0 unspecified atom stereocenters. The van der Waals surface area contributed by atoms with Crippen molar-refractivity contribution in [2.45, 2.75) is 43.8 Å². The molecule has 3 rings (SSSR count). The topological polar surface area (TPSA) is 78.4 Å². The zero-order chi connectivity index (χ0) is 22.8. The molecule has 1 fully saturated rings. The molecule has 2 amide bonds. The van der Waals surface area contributed by atoms with E-state index in [-0.39, 0.29) is 5.69 Å². The minimum absolute atomic E-state index is 0.140. The van der Waals surface area contributed by atoms with Gasteiger partial charge in [-0.25, -0.2) is 13.2 Å². The van der Waals surface area contributed by atoms with Crippen molar-refractivity contribution in [1.29, 1.82) is 0 Å². The highest BCUT2D eigenvalue weighted by atomic mass is 19.3. The van der Waals surface area contributed by atoms with E-state index >= 15 is 0 Å². The van der Waals surface area contributed by atoms with E-state index in [1.54, 1.807) is 0 Å². The van der Waals surface area contributed by atoms with E-state index < -0.39 is 58.5 Å². The van der Waals surface area contributed by atoms with Crippen LogP contribution in [-0.4, -0.2) is 29.1 Å². The van der Waals surface area contributed by atoms with Gasteiger partial charge in [0.15, 0.2) is 11.6 Å². The van der Waals surface area contributed by atoms with Gasteiger partial charge in [-0.05, 0) is 56.0 Å². The Hall–Kier alpha value is -3.01. The molecule has 10 heteroatoms. The third kappa shape index (κ3) is 5.19. The van der Waals surface area contributed by atoms with Gasteiger partial charge in [0.25, 0.3) is 11.8 Å². The molecule has 1 aliphatic carbocycles. The number of benzene rings is 2. The molecule has 0 bridgehead atoms. The van der Waals surface area contributed by atoms with E-state index in [4.69, 9.17) is 0 Å². The highest BCUT2D eigenvalue weighted by Gasteiger charge is 2.44. The van der Waals surface area contributed by atoms with Gasteiger partial charge in [0.2, 0.25) is 0 Å². The van der Waals surface area contributed by atoms with E-state index in [1.165, 1.54) is 0 Å². The molecule has 0 heterocycles. The SMILES string of the molecule is O=C(Nc1ccc(F)c(F)c1)c1ccc(F)c(C(F)(F)C(=O)N[C@H]2CC[C@@H](O)CC2)c1. The van der Waals surface area contributed by atoms with Gasteiger partial charge in [0.05, 0.1) is 11.7 Å². The number of halogens is 5. The number of anilines is 1. The summed E-state index contributed by atoms with van der Waals surface area (Å²) in [4.78, 5) is 24.4. The van der Waals surface area contributed by atoms with Crippen molar-refractivity contribution in [2.24, 2.45) is 0 Å². The number of carbonyl (C=O) groups is 2. The predicted octanol–water partition coefficient (Wildman–Crippen LogP) is 3.87. The molecule has 166 valence electrons. The Bertz CT molecular complexity index is 991. The molecule has 1 saturated carbocycles. The predicted molar refractivity (Wildman–Crippen MR) is 101 cm³/mol. The van der Waals surface area contributed by atoms with Crippen molar-refractivity contribution in [3.63, 3.8) is 0 Å². The van der Waals surface area contributed by atoms with Crippen LogP contribution in [0.15, 0.2) is 36.4 Å². The maximum Gasteiger partial charge on any atom is 0.352 e. The molecule has 1 aliphatic rings. The normalized spacial score (nSPS) is 19.0. The molecule has 0 aromatic heterocycles. The minimum Gasteiger partial charge on any atom is -0.393 e. The number of aliphatic hydroxyl groups is 1. The lowest BCUT2D eigenvalue weighted by Gasteiger charge is -2.28. The van der Waals surface area contributed by atoms with Crippen LogP contribution in [0.1, 0.15) is 41.6 Å². The second-order valence-electron chi connectivity index (χ2n) is 7.33. The molecule has 5 nitrogen and oxygen atoms in total. The van der Waals surface area contributed by atoms with Crippen molar-refractivity contribution in [1.82, 2.24) is 5.32 Å². The number of aliphatic hydroxyl groups excluding tert-OH is 1. The molecule has 0 aliphatic heterocycles. The van der Waals surface area contributed by atoms with Gasteiger partial charge in [0.1, 0.15) is 5.82 Å². The fourth-order valence-electron chi connectivity index (χ4n) is 3.30. The standard InChI is InChI=1S/C21H19F5N2O3/c22-16-7-1-11(19(30)27-13-4-8-17(23)18(24)10-13)9-15(16)21(25,26)20(31)28-12-2-5-14(29)6-3-12/h1,4,7-10,12,14,29H,2-3,5-6H2,(H,27,30)(H,28,31)/t12-,14+. The lowest BCUT2D eigenvalue weighted by atomic mass is 9.92. The lowest BCUT2D eigenvalue weighted by Crippen LogP contribution is -2.46. The number of nitrogens with one attached hydrogen (secondary N) is 2. The third-order valence-electron chi connectivity index (χ3n) is 5.06. The molecule has 0 saturated heterocycles. The Morgan fingerprint density at radius 2 is 1.55 bits per heavy atom. The van der Waals surface area contributed by atoms with E-state index in [0.717, 1.165) is 18.2 Å². The van der Waals surface area contributed by atoms with Crippen LogP contribution < -0.4 is 10.6 Å². The minimum atomic E-state index is -4.27. The van der Waals surface area contributed by atoms with E-state index in [0.29, 0.717) is 43.9 Å². The molecule has 0 spiro atoms. The van der Waals surface area contributed by atoms with Gasteiger partial charge >= 0.3 is 5.92 Å². The zero-order valence-corrected chi connectivity index (χ0v) is 16.1. The highest BCUT2D eigenvalue weighted by molar-refractivity contribution is 6.04. The lowest BCUT2D eigenvalue weighted by molar-refractivity contribution is -0.148. The van der Waals surface area contributed by atoms with Crippen molar-refractivity contribution in [3.8, 4) is 0 Å². The first kappa shape index (κ1) is 22.7. The average Bonchev–Trinajstić information content (AvgIpc) is 2.72. The first-order chi connectivity index (χ1) is 14.6. The van der Waals surface area contributed by atoms with Crippen molar-refractivity contribution in [3.05, 3.63) is 65.0 Å². The summed E-state index contributed by atoms with van der Waals surface area (Å²) in [5, 5.41) is 13.8. The summed E-state index contributed by atoms with van der Waals surface area (Å²) in [5.74, 6) is -10.7. The summed E-state index contributed by atoms with van der Waals surface area (Å²) >= 11 is 0. The fourth-order valence-corrected chi connectivity index (χ4v) is 3.30. The Labute approximate surface area is 174 Å². The van der Waals surface area contributed by atoms with Crippen LogP contribution in [0, 0.1) is 17.5 Å². The van der Waals surface area contributed by atoms with Crippen LogP contribution in [-0.2, 0) is 10.7 Å². The monoisotopic (exact) mass is 442 g/mol. The summed E-state index contributed by atoms with van der Waals surface area (Å²) in [6.45, 7) is 0. The van der Waals surface area contributed by atoms with Gasteiger partial charge in [-0.15, -0.1) is 0 Å². The third-order valence-corrected chi connectivity index (χ3v) is 5.06. The molecule has 3 N–H and O–H groups in total. The zero-order valence-electron chi connectivity index (χ0n) is 16.1.